The van der Waals surface area contributed by atoms with Gasteiger partial charge in [0.15, 0.2) is 5.11 Å². The SMILES string of the molecule is CC(C)CC(=O)N1CCN(c2ccc(NC(=S)NC(=O)c3ccc(Br)cc3)cc2)CC1. The Balaban J connectivity index is 1.49. The maximum atomic E-state index is 12.3. The largest absolute Gasteiger partial charge is 0.368 e. The molecule has 1 saturated heterocycles. The lowest BCUT2D eigenvalue weighted by Gasteiger charge is -2.36. The number of hydrogen-bond donors (Lipinski definition) is 2. The van der Waals surface area contributed by atoms with Crippen LogP contribution in [-0.4, -0.2) is 48.0 Å². The quantitative estimate of drug-likeness (QED) is 0.597. The van der Waals surface area contributed by atoms with Crippen molar-refractivity contribution in [3.05, 3.63) is 58.6 Å². The predicted octanol–water partition coefficient (Wildman–Crippen LogP) is 4.27. The minimum Gasteiger partial charge on any atom is -0.368 e. The first kappa shape index (κ1) is 23.2. The summed E-state index contributed by atoms with van der Waals surface area (Å²) in [6.07, 6.45) is 0.610. The fourth-order valence-electron chi connectivity index (χ4n) is 3.39. The Morgan fingerprint density at radius 2 is 1.61 bits per heavy atom. The Bertz CT molecular complexity index is 924. The zero-order chi connectivity index (χ0) is 22.4. The molecule has 0 radical (unpaired) electrons. The fourth-order valence-corrected chi connectivity index (χ4v) is 3.86. The van der Waals surface area contributed by atoms with Gasteiger partial charge in [0.05, 0.1) is 0 Å². The van der Waals surface area contributed by atoms with Gasteiger partial charge in [0.1, 0.15) is 0 Å². The van der Waals surface area contributed by atoms with Gasteiger partial charge in [0.2, 0.25) is 5.91 Å². The zero-order valence-electron chi connectivity index (χ0n) is 17.7. The minimum absolute atomic E-state index is 0.243. The number of thiocarbonyl (C=S) groups is 1. The first-order valence-corrected chi connectivity index (χ1v) is 11.5. The van der Waals surface area contributed by atoms with Gasteiger partial charge in [0, 0.05) is 54.0 Å². The molecule has 6 nitrogen and oxygen atoms in total. The summed E-state index contributed by atoms with van der Waals surface area (Å²) >= 11 is 8.61. The van der Waals surface area contributed by atoms with Crippen LogP contribution in [0.15, 0.2) is 53.0 Å². The van der Waals surface area contributed by atoms with Crippen LogP contribution in [0.1, 0.15) is 30.6 Å². The number of carbonyl (C=O) groups excluding carboxylic acids is 2. The third-order valence-corrected chi connectivity index (χ3v) is 5.77. The van der Waals surface area contributed by atoms with E-state index in [9.17, 15) is 9.59 Å². The van der Waals surface area contributed by atoms with E-state index in [2.05, 4.69) is 45.3 Å². The van der Waals surface area contributed by atoms with E-state index in [0.717, 1.165) is 42.0 Å². The van der Waals surface area contributed by atoms with Crippen LogP contribution >= 0.6 is 28.1 Å². The van der Waals surface area contributed by atoms with Gasteiger partial charge in [-0.3, -0.25) is 14.9 Å². The summed E-state index contributed by atoms with van der Waals surface area (Å²) in [5.41, 5.74) is 2.44. The molecule has 0 spiro atoms. The van der Waals surface area contributed by atoms with Gasteiger partial charge in [0.25, 0.3) is 5.91 Å². The predicted molar refractivity (Wildman–Crippen MR) is 133 cm³/mol. The summed E-state index contributed by atoms with van der Waals surface area (Å²) in [5.74, 6) is 0.371. The number of hydrogen-bond acceptors (Lipinski definition) is 4. The summed E-state index contributed by atoms with van der Waals surface area (Å²) in [4.78, 5) is 28.7. The number of piperazine rings is 1. The van der Waals surface area contributed by atoms with E-state index in [1.54, 1.807) is 12.1 Å². The van der Waals surface area contributed by atoms with Gasteiger partial charge in [-0.1, -0.05) is 29.8 Å². The highest BCUT2D eigenvalue weighted by Gasteiger charge is 2.21. The molecule has 164 valence electrons. The maximum Gasteiger partial charge on any atom is 0.257 e. The summed E-state index contributed by atoms with van der Waals surface area (Å²) < 4.78 is 0.911. The summed E-state index contributed by atoms with van der Waals surface area (Å²) in [5, 5.41) is 5.98. The normalized spacial score (nSPS) is 13.8. The van der Waals surface area contributed by atoms with Gasteiger partial charge in [-0.2, -0.15) is 0 Å². The average Bonchev–Trinajstić information content (AvgIpc) is 2.74. The lowest BCUT2D eigenvalue weighted by Crippen LogP contribution is -2.49. The van der Waals surface area contributed by atoms with Gasteiger partial charge in [-0.25, -0.2) is 0 Å². The molecule has 1 fully saturated rings. The topological polar surface area (TPSA) is 64.7 Å². The number of nitrogens with zero attached hydrogens (tertiary/aromatic N) is 2. The number of carbonyl (C=O) groups is 2. The number of nitrogens with one attached hydrogen (secondary N) is 2. The average molecular weight is 503 g/mol. The number of rotatable bonds is 5. The van der Waals surface area contributed by atoms with Crippen LogP contribution in [0.2, 0.25) is 0 Å². The second kappa shape index (κ2) is 10.7. The molecule has 1 aliphatic heterocycles. The summed E-state index contributed by atoms with van der Waals surface area (Å²) in [6, 6.07) is 15.0. The molecule has 3 rings (SSSR count). The van der Waals surface area contributed by atoms with E-state index in [0.29, 0.717) is 17.9 Å². The Kier molecular flexibility index (Phi) is 8.03. The molecule has 2 N–H and O–H groups in total. The van der Waals surface area contributed by atoms with E-state index >= 15 is 0 Å². The first-order valence-electron chi connectivity index (χ1n) is 10.3. The van der Waals surface area contributed by atoms with Crippen molar-refractivity contribution in [3.63, 3.8) is 0 Å². The molecule has 0 aliphatic carbocycles. The molecule has 0 saturated carbocycles. The van der Waals surface area contributed by atoms with Crippen LogP contribution in [0.4, 0.5) is 11.4 Å². The van der Waals surface area contributed by atoms with Crippen molar-refractivity contribution in [2.24, 2.45) is 5.92 Å². The zero-order valence-corrected chi connectivity index (χ0v) is 20.1. The molecule has 1 aliphatic rings. The Morgan fingerprint density at radius 1 is 1.00 bits per heavy atom. The van der Waals surface area contributed by atoms with E-state index < -0.39 is 0 Å². The van der Waals surface area contributed by atoms with Crippen LogP contribution in [0.25, 0.3) is 0 Å². The molecule has 0 unspecified atom stereocenters. The highest BCUT2D eigenvalue weighted by atomic mass is 79.9. The highest BCUT2D eigenvalue weighted by Crippen LogP contribution is 2.20. The summed E-state index contributed by atoms with van der Waals surface area (Å²) in [6.45, 7) is 7.27. The van der Waals surface area contributed by atoms with Crippen LogP contribution in [0, 0.1) is 5.92 Å². The van der Waals surface area contributed by atoms with Crippen molar-refractivity contribution in [2.75, 3.05) is 36.4 Å². The highest BCUT2D eigenvalue weighted by molar-refractivity contribution is 9.10. The summed E-state index contributed by atoms with van der Waals surface area (Å²) in [7, 11) is 0. The van der Waals surface area contributed by atoms with Crippen molar-refractivity contribution < 1.29 is 9.59 Å². The van der Waals surface area contributed by atoms with Crippen molar-refractivity contribution in [1.29, 1.82) is 0 Å². The van der Waals surface area contributed by atoms with Crippen molar-refractivity contribution in [1.82, 2.24) is 10.2 Å². The maximum absolute atomic E-state index is 12.3. The van der Waals surface area contributed by atoms with E-state index in [1.807, 2.05) is 41.3 Å². The standard InChI is InChI=1S/C23H27BrN4O2S/c1-16(2)15-21(29)28-13-11-27(12-14-28)20-9-7-19(8-10-20)25-23(31)26-22(30)17-3-5-18(24)6-4-17/h3-10,16H,11-15H2,1-2H3,(H2,25,26,30,31). The molecule has 1 heterocycles. The Labute approximate surface area is 197 Å². The van der Waals surface area contributed by atoms with Crippen LogP contribution < -0.4 is 15.5 Å². The molecule has 2 aromatic rings. The third-order valence-electron chi connectivity index (χ3n) is 5.04. The second-order valence-electron chi connectivity index (χ2n) is 7.93. The lowest BCUT2D eigenvalue weighted by molar-refractivity contribution is -0.132. The van der Waals surface area contributed by atoms with Crippen LogP contribution in [0.3, 0.4) is 0 Å². The third kappa shape index (κ3) is 6.77. The lowest BCUT2D eigenvalue weighted by atomic mass is 10.1. The van der Waals surface area contributed by atoms with Crippen molar-refractivity contribution >= 4 is 56.4 Å². The number of amides is 2. The van der Waals surface area contributed by atoms with Gasteiger partial charge in [-0.15, -0.1) is 0 Å². The van der Waals surface area contributed by atoms with Gasteiger partial charge < -0.3 is 15.1 Å². The van der Waals surface area contributed by atoms with Gasteiger partial charge >= 0.3 is 0 Å². The molecular formula is C23H27BrN4O2S. The first-order chi connectivity index (χ1) is 14.8. The monoisotopic (exact) mass is 502 g/mol. The molecular weight excluding hydrogens is 476 g/mol. The van der Waals surface area contributed by atoms with Crippen LogP contribution in [0.5, 0.6) is 0 Å². The molecule has 0 aromatic heterocycles. The minimum atomic E-state index is -0.258. The molecule has 0 atom stereocenters. The second-order valence-corrected chi connectivity index (χ2v) is 9.25. The molecule has 2 amide bonds. The van der Waals surface area contributed by atoms with Crippen molar-refractivity contribution in [3.8, 4) is 0 Å². The smallest absolute Gasteiger partial charge is 0.257 e. The van der Waals surface area contributed by atoms with Crippen molar-refractivity contribution in [2.45, 2.75) is 20.3 Å². The molecule has 31 heavy (non-hydrogen) atoms. The number of anilines is 2. The Morgan fingerprint density at radius 3 is 2.19 bits per heavy atom. The van der Waals surface area contributed by atoms with E-state index in [1.165, 1.54) is 0 Å². The molecule has 8 heteroatoms. The Hall–Kier alpha value is -2.45. The number of halogens is 1. The van der Waals surface area contributed by atoms with Gasteiger partial charge in [-0.05, 0) is 66.7 Å². The van der Waals surface area contributed by atoms with Crippen LogP contribution in [-0.2, 0) is 4.79 Å². The van der Waals surface area contributed by atoms with E-state index in [-0.39, 0.29) is 16.9 Å². The number of benzene rings is 2. The fraction of sp³-hybridized carbons (Fsp3) is 0.348. The molecule has 0 bridgehead atoms. The van der Waals surface area contributed by atoms with E-state index in [4.69, 9.17) is 12.2 Å². The molecule has 2 aromatic carbocycles.